The van der Waals surface area contributed by atoms with E-state index < -0.39 is 16.6 Å². The average molecular weight is 289 g/mol. The van der Waals surface area contributed by atoms with Gasteiger partial charge in [-0.1, -0.05) is 6.92 Å². The summed E-state index contributed by atoms with van der Waals surface area (Å²) in [6.07, 6.45) is 4.85. The van der Waals surface area contributed by atoms with Gasteiger partial charge >= 0.3 is 0 Å². The SMILES string of the molecule is CC/C=C(/C=C(/OC)O[Si](C)(C)C)O[Si](C)(C)C. The van der Waals surface area contributed by atoms with E-state index in [4.69, 9.17) is 13.6 Å². The minimum Gasteiger partial charge on any atom is -0.544 e. The second-order valence-electron chi connectivity index (χ2n) is 6.11. The highest BCUT2D eigenvalue weighted by molar-refractivity contribution is 6.70. The third-order valence-electron chi connectivity index (χ3n) is 1.70. The molecular formula is C13H28O3Si2. The van der Waals surface area contributed by atoms with Crippen molar-refractivity contribution < 1.29 is 13.6 Å². The van der Waals surface area contributed by atoms with E-state index >= 15 is 0 Å². The Balaban J connectivity index is 4.96. The first-order valence-electron chi connectivity index (χ1n) is 6.41. The van der Waals surface area contributed by atoms with Crippen molar-refractivity contribution in [2.45, 2.75) is 52.6 Å². The standard InChI is InChI=1S/C13H28O3Si2/c1-9-10-12(15-17(3,4)5)11-13(14-2)16-18(6,7)8/h10-11H,9H2,1-8H3/b12-10-,13-11-. The van der Waals surface area contributed by atoms with Gasteiger partial charge in [0.2, 0.25) is 16.6 Å². The van der Waals surface area contributed by atoms with E-state index in [9.17, 15) is 0 Å². The van der Waals surface area contributed by atoms with Crippen LogP contribution in [0.2, 0.25) is 39.3 Å². The van der Waals surface area contributed by atoms with Crippen LogP contribution in [0.15, 0.2) is 23.9 Å². The summed E-state index contributed by atoms with van der Waals surface area (Å²) in [5, 5.41) is 0. The average Bonchev–Trinajstić information content (AvgIpc) is 2.12. The molecule has 0 aliphatic heterocycles. The number of rotatable bonds is 7. The van der Waals surface area contributed by atoms with Gasteiger partial charge in [-0.3, -0.25) is 0 Å². The lowest BCUT2D eigenvalue weighted by atomic mass is 10.4. The molecule has 0 aromatic carbocycles. The van der Waals surface area contributed by atoms with E-state index in [1.807, 2.05) is 6.08 Å². The van der Waals surface area contributed by atoms with Gasteiger partial charge in [0.15, 0.2) is 0 Å². The molecule has 3 nitrogen and oxygen atoms in total. The van der Waals surface area contributed by atoms with Crippen molar-refractivity contribution in [1.82, 2.24) is 0 Å². The summed E-state index contributed by atoms with van der Waals surface area (Å²) in [5.74, 6) is 1.40. The Hall–Kier alpha value is -0.686. The zero-order valence-corrected chi connectivity index (χ0v) is 15.1. The molecule has 0 atom stereocenters. The Kier molecular flexibility index (Phi) is 6.77. The van der Waals surface area contributed by atoms with Crippen molar-refractivity contribution in [2.75, 3.05) is 7.11 Å². The second kappa shape index (κ2) is 7.04. The van der Waals surface area contributed by atoms with Crippen LogP contribution in [0.4, 0.5) is 0 Å². The summed E-state index contributed by atoms with van der Waals surface area (Å²) >= 11 is 0. The van der Waals surface area contributed by atoms with Crippen molar-refractivity contribution in [2.24, 2.45) is 0 Å². The molecule has 0 aliphatic rings. The first kappa shape index (κ1) is 17.3. The van der Waals surface area contributed by atoms with Gasteiger partial charge in [0.25, 0.3) is 5.95 Å². The van der Waals surface area contributed by atoms with Gasteiger partial charge in [-0.05, 0) is 51.8 Å². The van der Waals surface area contributed by atoms with Crippen molar-refractivity contribution >= 4 is 16.6 Å². The lowest BCUT2D eigenvalue weighted by molar-refractivity contribution is 0.145. The third kappa shape index (κ3) is 9.35. The van der Waals surface area contributed by atoms with Crippen LogP contribution in [-0.4, -0.2) is 23.7 Å². The molecule has 0 rings (SSSR count). The summed E-state index contributed by atoms with van der Waals surface area (Å²) in [6, 6.07) is 0. The number of hydrogen-bond acceptors (Lipinski definition) is 3. The van der Waals surface area contributed by atoms with Crippen LogP contribution < -0.4 is 0 Å². The highest BCUT2D eigenvalue weighted by Crippen LogP contribution is 2.17. The van der Waals surface area contributed by atoms with Crippen LogP contribution >= 0.6 is 0 Å². The summed E-state index contributed by atoms with van der Waals surface area (Å²) in [4.78, 5) is 0. The molecule has 0 aromatic rings. The smallest absolute Gasteiger partial charge is 0.268 e. The van der Waals surface area contributed by atoms with Crippen LogP contribution in [-0.2, 0) is 13.6 Å². The first-order valence-corrected chi connectivity index (χ1v) is 13.2. The van der Waals surface area contributed by atoms with Crippen molar-refractivity contribution in [3.05, 3.63) is 23.9 Å². The number of ether oxygens (including phenoxy) is 1. The highest BCUT2D eigenvalue weighted by atomic mass is 28.4. The minimum absolute atomic E-state index is 0.548. The topological polar surface area (TPSA) is 27.7 Å². The van der Waals surface area contributed by atoms with E-state index in [2.05, 4.69) is 52.3 Å². The second-order valence-corrected chi connectivity index (χ2v) is 15.0. The van der Waals surface area contributed by atoms with Gasteiger partial charge in [0.1, 0.15) is 5.76 Å². The van der Waals surface area contributed by atoms with Gasteiger partial charge in [-0.2, -0.15) is 0 Å². The number of methoxy groups -OCH3 is 1. The largest absolute Gasteiger partial charge is 0.544 e. The van der Waals surface area contributed by atoms with Crippen molar-refractivity contribution in [1.29, 1.82) is 0 Å². The maximum Gasteiger partial charge on any atom is 0.268 e. The molecule has 0 amide bonds. The Morgan fingerprint density at radius 1 is 0.944 bits per heavy atom. The van der Waals surface area contributed by atoms with Crippen molar-refractivity contribution in [3.8, 4) is 0 Å². The molecule has 0 bridgehead atoms. The Labute approximate surface area is 114 Å². The molecule has 0 N–H and O–H groups in total. The molecule has 18 heavy (non-hydrogen) atoms. The number of allylic oxidation sites excluding steroid dienone is 2. The molecule has 0 saturated heterocycles. The Bertz CT molecular complexity index is 309. The maximum atomic E-state index is 6.00. The van der Waals surface area contributed by atoms with Gasteiger partial charge in [-0.25, -0.2) is 0 Å². The molecule has 0 spiro atoms. The summed E-state index contributed by atoms with van der Waals surface area (Å²) in [7, 11) is -1.63. The van der Waals surface area contributed by atoms with E-state index in [1.165, 1.54) is 0 Å². The predicted octanol–water partition coefficient (Wildman–Crippen LogP) is 4.47. The fraction of sp³-hybridized carbons (Fsp3) is 0.692. The predicted molar refractivity (Wildman–Crippen MR) is 82.3 cm³/mol. The molecular weight excluding hydrogens is 260 g/mol. The van der Waals surface area contributed by atoms with Gasteiger partial charge in [0, 0.05) is 0 Å². The highest BCUT2D eigenvalue weighted by Gasteiger charge is 2.20. The van der Waals surface area contributed by atoms with Crippen molar-refractivity contribution in [3.63, 3.8) is 0 Å². The molecule has 0 unspecified atom stereocenters. The van der Waals surface area contributed by atoms with Crippen LogP contribution in [0.1, 0.15) is 13.3 Å². The third-order valence-corrected chi connectivity index (χ3v) is 3.36. The molecule has 0 fully saturated rings. The zero-order valence-electron chi connectivity index (χ0n) is 13.1. The summed E-state index contributed by atoms with van der Waals surface area (Å²) < 4.78 is 17.1. The molecule has 0 saturated carbocycles. The normalized spacial score (nSPS) is 14.4. The van der Waals surface area contributed by atoms with E-state index in [1.54, 1.807) is 7.11 Å². The zero-order chi connectivity index (χ0) is 14.4. The Morgan fingerprint density at radius 2 is 1.44 bits per heavy atom. The van der Waals surface area contributed by atoms with Gasteiger partial charge in [0.05, 0.1) is 13.2 Å². The minimum atomic E-state index is -1.65. The fourth-order valence-corrected chi connectivity index (χ4v) is 2.83. The monoisotopic (exact) mass is 288 g/mol. The van der Waals surface area contributed by atoms with Gasteiger partial charge in [-0.15, -0.1) is 0 Å². The number of hydrogen-bond donors (Lipinski definition) is 0. The summed E-state index contributed by atoms with van der Waals surface area (Å²) in [5.41, 5.74) is 0. The van der Waals surface area contributed by atoms with Crippen LogP contribution in [0.25, 0.3) is 0 Å². The molecule has 0 radical (unpaired) electrons. The molecule has 0 aliphatic carbocycles. The van der Waals surface area contributed by atoms with Gasteiger partial charge < -0.3 is 13.6 Å². The molecule has 5 heteroatoms. The van der Waals surface area contributed by atoms with Crippen LogP contribution in [0, 0.1) is 0 Å². The fourth-order valence-electron chi connectivity index (χ4n) is 1.23. The lowest BCUT2D eigenvalue weighted by Gasteiger charge is -2.23. The van der Waals surface area contributed by atoms with Crippen LogP contribution in [0.3, 0.4) is 0 Å². The molecule has 106 valence electrons. The maximum absolute atomic E-state index is 6.00. The summed E-state index contributed by atoms with van der Waals surface area (Å²) in [6.45, 7) is 15.0. The quantitative estimate of drug-likeness (QED) is 0.393. The molecule has 0 aromatic heterocycles. The van der Waals surface area contributed by atoms with E-state index in [0.717, 1.165) is 12.2 Å². The first-order chi connectivity index (χ1) is 8.07. The Morgan fingerprint density at radius 3 is 1.78 bits per heavy atom. The molecule has 0 heterocycles. The van der Waals surface area contributed by atoms with E-state index in [0.29, 0.717) is 5.95 Å². The van der Waals surface area contributed by atoms with Crippen LogP contribution in [0.5, 0.6) is 0 Å². The van der Waals surface area contributed by atoms with E-state index in [-0.39, 0.29) is 0 Å². The lowest BCUT2D eigenvalue weighted by Crippen LogP contribution is -2.26.